The van der Waals surface area contributed by atoms with Crippen LogP contribution >= 0.6 is 0 Å². The van der Waals surface area contributed by atoms with Gasteiger partial charge in [-0.1, -0.05) is 13.0 Å². The van der Waals surface area contributed by atoms with E-state index in [2.05, 4.69) is 14.7 Å². The SMILES string of the molecule is CCC(NS(=O)(=O)c1cccc(C(=O)N(CC)CC)c1)c1ncc(C)[nH]1. The zero-order valence-corrected chi connectivity index (χ0v) is 16.4. The van der Waals surface area contributed by atoms with E-state index in [9.17, 15) is 13.2 Å². The lowest BCUT2D eigenvalue weighted by Gasteiger charge is -2.19. The van der Waals surface area contributed by atoms with Crippen LogP contribution in [0.5, 0.6) is 0 Å². The van der Waals surface area contributed by atoms with Crippen molar-refractivity contribution in [3.63, 3.8) is 0 Å². The predicted octanol–water partition coefficient (Wildman–Crippen LogP) is 2.63. The Kier molecular flexibility index (Phi) is 6.55. The average molecular weight is 378 g/mol. The molecule has 0 aliphatic carbocycles. The number of aromatic amines is 1. The molecule has 1 aromatic carbocycles. The minimum absolute atomic E-state index is 0.0669. The third kappa shape index (κ3) is 4.50. The lowest BCUT2D eigenvalue weighted by atomic mass is 10.2. The van der Waals surface area contributed by atoms with Crippen LogP contribution in [0.3, 0.4) is 0 Å². The first-order valence-electron chi connectivity index (χ1n) is 8.75. The van der Waals surface area contributed by atoms with E-state index in [1.807, 2.05) is 27.7 Å². The fourth-order valence-corrected chi connectivity index (χ4v) is 4.02. The first-order chi connectivity index (χ1) is 12.3. The largest absolute Gasteiger partial charge is 0.345 e. The van der Waals surface area contributed by atoms with Crippen LogP contribution in [0.1, 0.15) is 55.1 Å². The van der Waals surface area contributed by atoms with Crippen molar-refractivity contribution in [2.75, 3.05) is 13.1 Å². The number of hydrogen-bond acceptors (Lipinski definition) is 4. The highest BCUT2D eigenvalue weighted by atomic mass is 32.2. The normalized spacial score (nSPS) is 12.8. The molecular formula is C18H26N4O3S. The Morgan fingerprint density at radius 1 is 1.27 bits per heavy atom. The first-order valence-corrected chi connectivity index (χ1v) is 10.2. The second-order valence-corrected chi connectivity index (χ2v) is 7.75. The Hall–Kier alpha value is -2.19. The number of H-pyrrole nitrogens is 1. The molecule has 8 heteroatoms. The van der Waals surface area contributed by atoms with Gasteiger partial charge in [-0.2, -0.15) is 0 Å². The second kappa shape index (κ2) is 8.46. The van der Waals surface area contributed by atoms with E-state index in [1.54, 1.807) is 23.2 Å². The number of benzene rings is 1. The van der Waals surface area contributed by atoms with Crippen molar-refractivity contribution >= 4 is 15.9 Å². The minimum Gasteiger partial charge on any atom is -0.345 e. The van der Waals surface area contributed by atoms with Gasteiger partial charge in [0.2, 0.25) is 10.0 Å². The van der Waals surface area contributed by atoms with Gasteiger partial charge >= 0.3 is 0 Å². The molecule has 2 rings (SSSR count). The van der Waals surface area contributed by atoms with E-state index in [0.717, 1.165) is 5.69 Å². The van der Waals surface area contributed by atoms with Gasteiger partial charge in [-0.25, -0.2) is 18.1 Å². The van der Waals surface area contributed by atoms with Crippen molar-refractivity contribution in [3.8, 4) is 0 Å². The third-order valence-electron chi connectivity index (χ3n) is 4.20. The van der Waals surface area contributed by atoms with Gasteiger partial charge in [0.25, 0.3) is 5.91 Å². The Balaban J connectivity index is 2.28. The van der Waals surface area contributed by atoms with Crippen LogP contribution in [0.4, 0.5) is 0 Å². The molecule has 0 fully saturated rings. The van der Waals surface area contributed by atoms with Crippen molar-refractivity contribution in [1.29, 1.82) is 0 Å². The van der Waals surface area contributed by atoms with Gasteiger partial charge in [0, 0.05) is 30.5 Å². The molecule has 1 aromatic heterocycles. The molecule has 2 N–H and O–H groups in total. The Bertz CT molecular complexity index is 857. The van der Waals surface area contributed by atoms with Gasteiger partial charge in [0.05, 0.1) is 10.9 Å². The summed E-state index contributed by atoms with van der Waals surface area (Å²) in [4.78, 5) is 21.5. The molecule has 0 aliphatic heterocycles. The van der Waals surface area contributed by atoms with Crippen molar-refractivity contribution in [1.82, 2.24) is 19.6 Å². The number of amides is 1. The maximum atomic E-state index is 12.8. The molecule has 0 aliphatic rings. The lowest BCUT2D eigenvalue weighted by Crippen LogP contribution is -2.31. The summed E-state index contributed by atoms with van der Waals surface area (Å²) < 4.78 is 28.2. The summed E-state index contributed by atoms with van der Waals surface area (Å²) in [5.74, 6) is 0.393. The summed E-state index contributed by atoms with van der Waals surface area (Å²) in [6.07, 6.45) is 2.21. The van der Waals surface area contributed by atoms with Crippen molar-refractivity contribution < 1.29 is 13.2 Å². The smallest absolute Gasteiger partial charge is 0.253 e. The molecule has 1 heterocycles. The summed E-state index contributed by atoms with van der Waals surface area (Å²) >= 11 is 0. The molecule has 0 bridgehead atoms. The number of carbonyl (C=O) groups excluding carboxylic acids is 1. The number of imidazole rings is 1. The van der Waals surface area contributed by atoms with E-state index in [1.165, 1.54) is 12.1 Å². The summed E-state index contributed by atoms with van der Waals surface area (Å²) in [6.45, 7) is 8.66. The molecule has 0 spiro atoms. The molecule has 2 aromatic rings. The van der Waals surface area contributed by atoms with Crippen molar-refractivity contribution in [2.45, 2.75) is 45.1 Å². The molecule has 0 saturated heterocycles. The van der Waals surface area contributed by atoms with Crippen LogP contribution in [-0.4, -0.2) is 42.3 Å². The third-order valence-corrected chi connectivity index (χ3v) is 5.67. The van der Waals surface area contributed by atoms with Crippen LogP contribution < -0.4 is 4.72 Å². The number of nitrogens with zero attached hydrogens (tertiary/aromatic N) is 2. The summed E-state index contributed by atoms with van der Waals surface area (Å²) in [5.41, 5.74) is 1.22. The summed E-state index contributed by atoms with van der Waals surface area (Å²) in [6, 6.07) is 5.66. The number of aryl methyl sites for hydroxylation is 1. The fraction of sp³-hybridized carbons (Fsp3) is 0.444. The van der Waals surface area contributed by atoms with E-state index in [-0.39, 0.29) is 10.8 Å². The lowest BCUT2D eigenvalue weighted by molar-refractivity contribution is 0.0772. The van der Waals surface area contributed by atoms with Gasteiger partial charge in [0.1, 0.15) is 5.82 Å². The van der Waals surface area contributed by atoms with Crippen LogP contribution in [0, 0.1) is 6.92 Å². The number of rotatable bonds is 8. The number of carbonyl (C=O) groups is 1. The number of nitrogens with one attached hydrogen (secondary N) is 2. The minimum atomic E-state index is -3.79. The Labute approximate surface area is 154 Å². The van der Waals surface area contributed by atoms with Gasteiger partial charge in [-0.05, 0) is 45.4 Å². The second-order valence-electron chi connectivity index (χ2n) is 6.04. The zero-order valence-electron chi connectivity index (χ0n) is 15.6. The average Bonchev–Trinajstić information content (AvgIpc) is 3.07. The number of aromatic nitrogens is 2. The highest BCUT2D eigenvalue weighted by Crippen LogP contribution is 2.19. The molecule has 142 valence electrons. The van der Waals surface area contributed by atoms with E-state index in [4.69, 9.17) is 0 Å². The number of hydrogen-bond donors (Lipinski definition) is 2. The highest BCUT2D eigenvalue weighted by Gasteiger charge is 2.23. The maximum Gasteiger partial charge on any atom is 0.253 e. The predicted molar refractivity (Wildman–Crippen MR) is 100 cm³/mol. The zero-order chi connectivity index (χ0) is 19.3. The number of sulfonamides is 1. The van der Waals surface area contributed by atoms with Crippen LogP contribution in [-0.2, 0) is 10.0 Å². The fourth-order valence-electron chi connectivity index (χ4n) is 2.69. The topological polar surface area (TPSA) is 95.2 Å². The molecule has 7 nitrogen and oxygen atoms in total. The Morgan fingerprint density at radius 3 is 2.50 bits per heavy atom. The van der Waals surface area contributed by atoms with Gasteiger partial charge in [0.15, 0.2) is 0 Å². The standard InChI is InChI=1S/C18H26N4O3S/c1-5-16(17-19-12-13(4)20-17)21-26(24,25)15-10-8-9-14(11-15)18(23)22(6-2)7-3/h8-12,16,21H,5-7H2,1-4H3,(H,19,20). The highest BCUT2D eigenvalue weighted by molar-refractivity contribution is 7.89. The van der Waals surface area contributed by atoms with Gasteiger partial charge < -0.3 is 9.88 Å². The van der Waals surface area contributed by atoms with E-state index < -0.39 is 16.1 Å². The van der Waals surface area contributed by atoms with Crippen LogP contribution in [0.2, 0.25) is 0 Å². The molecular weight excluding hydrogens is 352 g/mol. The molecule has 1 amide bonds. The van der Waals surface area contributed by atoms with Gasteiger partial charge in [-0.15, -0.1) is 0 Å². The molecule has 0 radical (unpaired) electrons. The maximum absolute atomic E-state index is 12.8. The Morgan fingerprint density at radius 2 is 1.96 bits per heavy atom. The molecule has 1 atom stereocenters. The monoisotopic (exact) mass is 378 g/mol. The van der Waals surface area contributed by atoms with Crippen molar-refractivity contribution in [2.24, 2.45) is 0 Å². The first kappa shape index (κ1) is 20.1. The van der Waals surface area contributed by atoms with Crippen molar-refractivity contribution in [3.05, 3.63) is 47.5 Å². The molecule has 0 saturated carbocycles. The van der Waals surface area contributed by atoms with Crippen LogP contribution in [0.15, 0.2) is 35.4 Å². The van der Waals surface area contributed by atoms with Crippen LogP contribution in [0.25, 0.3) is 0 Å². The van der Waals surface area contributed by atoms with E-state index >= 15 is 0 Å². The van der Waals surface area contributed by atoms with E-state index in [0.29, 0.717) is 30.9 Å². The summed E-state index contributed by atoms with van der Waals surface area (Å²) in [7, 11) is -3.79. The van der Waals surface area contributed by atoms with Gasteiger partial charge in [-0.3, -0.25) is 4.79 Å². The summed E-state index contributed by atoms with van der Waals surface area (Å²) in [5, 5.41) is 0. The molecule has 1 unspecified atom stereocenters. The molecule has 26 heavy (non-hydrogen) atoms. The quantitative estimate of drug-likeness (QED) is 0.738.